The molecule has 0 saturated heterocycles. The Morgan fingerprint density at radius 2 is 0.455 bits per heavy atom. The Hall–Kier alpha value is -11.8. The monoisotopic (exact) mass is 1330 g/mol. The molecule has 0 aliphatic carbocycles. The molecule has 0 bridgehead atoms. The lowest BCUT2D eigenvalue weighted by molar-refractivity contribution is 0.424. The van der Waals surface area contributed by atoms with E-state index in [2.05, 4.69) is 228 Å². The smallest absolute Gasteiger partial charge is 0.423 e. The molecular formula is C88H55B2BrN4O4. The average Bonchev–Trinajstić information content (AvgIpc) is 0.775. The zero-order valence-electron chi connectivity index (χ0n) is 53.1. The Kier molecular flexibility index (Phi) is 14.7. The number of rotatable bonds is 8. The second-order valence-corrected chi connectivity index (χ2v) is 26.2. The van der Waals surface area contributed by atoms with Crippen LogP contribution in [0.25, 0.3) is 186 Å². The number of nitrogens with zero attached hydrogens (tertiary/aromatic N) is 4. The van der Waals surface area contributed by atoms with Gasteiger partial charge in [-0.2, -0.15) is 0 Å². The van der Waals surface area contributed by atoms with Gasteiger partial charge in [-0.25, -0.2) is 19.9 Å². The van der Waals surface area contributed by atoms with Crippen molar-refractivity contribution >= 4 is 160 Å². The summed E-state index contributed by atoms with van der Waals surface area (Å²) in [7, 11) is -3.07. The molecule has 464 valence electrons. The standard InChI is InChI=1S/C52H30N2.C20H16B2N2O4.C16H9Br/c1-2-10-46-45(9-1)53-51(39-19-11-31(12-20-39)41-27-23-37-17-15-33-5-3-7-35-25-29-43(41)49(37)47(33)35)52(54-46)40-21-13-32(14-22-40)42-28-24-38-18-16-34-6-4-8-36-26-30-44(42)50(38)48(34)36;25-21(26)15-9-5-13(6-10-15)19-20(14-7-11-16(12-8-14)22(27)28)24-18-4-2-1-3-17(18)23-19;17-14-9-7-12-5-4-10-2-1-3-11-6-8-13(14)16(12)15(10)11/h1-30H;1-12,25-28H;1-9H. The van der Waals surface area contributed by atoms with Crippen LogP contribution < -0.4 is 10.9 Å². The van der Waals surface area contributed by atoms with E-state index in [1.54, 1.807) is 48.5 Å². The van der Waals surface area contributed by atoms with Gasteiger partial charge in [-0.3, -0.25) is 0 Å². The molecule has 4 N–H and O–H groups in total. The Morgan fingerprint density at radius 1 is 0.212 bits per heavy atom. The number of para-hydroxylation sites is 4. The van der Waals surface area contributed by atoms with Crippen molar-refractivity contribution in [3.05, 3.63) is 314 Å². The summed E-state index contributed by atoms with van der Waals surface area (Å²) >= 11 is 3.64. The Labute approximate surface area is 577 Å². The molecule has 0 spiro atoms. The van der Waals surface area contributed by atoms with Crippen LogP contribution in [0.3, 0.4) is 0 Å². The summed E-state index contributed by atoms with van der Waals surface area (Å²) in [6.45, 7) is 0. The third-order valence-corrected chi connectivity index (χ3v) is 20.3. The molecule has 0 unspecified atom stereocenters. The number of hydrogen-bond donors (Lipinski definition) is 4. The van der Waals surface area contributed by atoms with Gasteiger partial charge in [0.1, 0.15) is 0 Å². The number of aromatic nitrogens is 4. The van der Waals surface area contributed by atoms with Crippen molar-refractivity contribution in [2.75, 3.05) is 0 Å². The maximum atomic E-state index is 9.32. The van der Waals surface area contributed by atoms with Crippen LogP contribution in [0.15, 0.2) is 314 Å². The summed E-state index contributed by atoms with van der Waals surface area (Å²) in [6.07, 6.45) is 0. The van der Waals surface area contributed by atoms with Crippen molar-refractivity contribution in [3.63, 3.8) is 0 Å². The summed E-state index contributed by atoms with van der Waals surface area (Å²) in [5.74, 6) is 0. The van der Waals surface area contributed by atoms with E-state index in [0.717, 1.165) is 55.7 Å². The highest BCUT2D eigenvalue weighted by molar-refractivity contribution is 9.10. The fourth-order valence-electron chi connectivity index (χ4n) is 14.7. The molecule has 0 aliphatic heterocycles. The highest BCUT2D eigenvalue weighted by atomic mass is 79.9. The van der Waals surface area contributed by atoms with Crippen LogP contribution >= 0.6 is 15.9 Å². The molecular weight excluding hydrogens is 1280 g/mol. The molecule has 20 aromatic rings. The van der Waals surface area contributed by atoms with Crippen LogP contribution in [0.2, 0.25) is 0 Å². The number of fused-ring (bicyclic) bond motifs is 2. The van der Waals surface area contributed by atoms with E-state index in [4.69, 9.17) is 19.9 Å². The second kappa shape index (κ2) is 24.4. The van der Waals surface area contributed by atoms with Gasteiger partial charge in [0.25, 0.3) is 0 Å². The maximum absolute atomic E-state index is 9.32. The third kappa shape index (κ3) is 10.5. The Morgan fingerprint density at radius 3 is 0.768 bits per heavy atom. The molecule has 20 rings (SSSR count). The summed E-state index contributed by atoms with van der Waals surface area (Å²) in [5.41, 5.74) is 15.6. The van der Waals surface area contributed by atoms with Gasteiger partial charge in [0.2, 0.25) is 0 Å². The van der Waals surface area contributed by atoms with Gasteiger partial charge >= 0.3 is 14.2 Å². The number of hydrogen-bond acceptors (Lipinski definition) is 8. The van der Waals surface area contributed by atoms with Crippen molar-refractivity contribution < 1.29 is 20.1 Å². The zero-order valence-corrected chi connectivity index (χ0v) is 54.6. The van der Waals surface area contributed by atoms with Gasteiger partial charge in [0.15, 0.2) is 0 Å². The first-order chi connectivity index (χ1) is 48.6. The molecule has 99 heavy (non-hydrogen) atoms. The van der Waals surface area contributed by atoms with Crippen LogP contribution in [0.5, 0.6) is 0 Å². The van der Waals surface area contributed by atoms with Crippen molar-refractivity contribution in [1.82, 2.24) is 19.9 Å². The molecule has 0 amide bonds. The lowest BCUT2D eigenvalue weighted by Gasteiger charge is -2.15. The average molecular weight is 1330 g/mol. The molecule has 0 saturated carbocycles. The van der Waals surface area contributed by atoms with E-state index in [1.807, 2.05) is 48.5 Å². The molecule has 18 aromatic carbocycles. The minimum Gasteiger partial charge on any atom is -0.423 e. The summed E-state index contributed by atoms with van der Waals surface area (Å²) in [4.78, 5) is 20.0. The first-order valence-corrected chi connectivity index (χ1v) is 33.7. The minimum absolute atomic E-state index is 0.389. The van der Waals surface area contributed by atoms with E-state index < -0.39 is 14.2 Å². The van der Waals surface area contributed by atoms with Crippen molar-refractivity contribution in [3.8, 4) is 67.3 Å². The lowest BCUT2D eigenvalue weighted by atomic mass is 9.79. The fourth-order valence-corrected chi connectivity index (χ4v) is 15.2. The first-order valence-electron chi connectivity index (χ1n) is 33.0. The lowest BCUT2D eigenvalue weighted by Crippen LogP contribution is -2.29. The van der Waals surface area contributed by atoms with Crippen molar-refractivity contribution in [2.24, 2.45) is 0 Å². The predicted molar refractivity (Wildman–Crippen MR) is 417 cm³/mol. The molecule has 0 aliphatic rings. The SMILES string of the molecule is Brc1ccc2ccc3cccc4ccc1c2c34.OB(O)c1ccc(-c2nc3ccccc3nc2-c2ccc(B(O)O)cc2)cc1.c1cc2ccc3ccc(-c4ccc(-c5nc6ccccc6nc5-c5ccc(-c6ccc7ccc8cccc9ccc6c7c89)cc5)cc4)c4ccc(c1)c2c34. The third-order valence-electron chi connectivity index (χ3n) is 19.6. The quantitative estimate of drug-likeness (QED) is 0.0874. The van der Waals surface area contributed by atoms with Gasteiger partial charge < -0.3 is 20.1 Å². The van der Waals surface area contributed by atoms with E-state index >= 15 is 0 Å². The van der Waals surface area contributed by atoms with Gasteiger partial charge in [-0.15, -0.1) is 0 Å². The van der Waals surface area contributed by atoms with Gasteiger partial charge in [0.05, 0.1) is 44.8 Å². The van der Waals surface area contributed by atoms with E-state index in [1.165, 1.54) is 124 Å². The van der Waals surface area contributed by atoms with Gasteiger partial charge in [-0.1, -0.05) is 295 Å². The van der Waals surface area contributed by atoms with Crippen LogP contribution in [0, 0.1) is 0 Å². The highest BCUT2D eigenvalue weighted by Gasteiger charge is 2.21. The molecule has 0 fully saturated rings. The van der Waals surface area contributed by atoms with Crippen LogP contribution in [-0.4, -0.2) is 54.3 Å². The zero-order chi connectivity index (χ0) is 66.4. The summed E-state index contributed by atoms with van der Waals surface area (Å²) in [5, 5.41) is 60.8. The molecule has 8 nitrogen and oxygen atoms in total. The molecule has 11 heteroatoms. The summed E-state index contributed by atoms with van der Waals surface area (Å²) < 4.78 is 1.17. The summed E-state index contributed by atoms with van der Waals surface area (Å²) in [6, 6.07) is 107. The first kappa shape index (κ1) is 59.7. The second-order valence-electron chi connectivity index (χ2n) is 25.3. The number of benzene rings is 18. The largest absolute Gasteiger partial charge is 0.488 e. The van der Waals surface area contributed by atoms with E-state index in [0.29, 0.717) is 22.3 Å². The topological polar surface area (TPSA) is 132 Å². The van der Waals surface area contributed by atoms with Crippen molar-refractivity contribution in [2.45, 2.75) is 0 Å². The van der Waals surface area contributed by atoms with Crippen molar-refractivity contribution in [1.29, 1.82) is 0 Å². The van der Waals surface area contributed by atoms with Crippen LogP contribution in [0.1, 0.15) is 0 Å². The van der Waals surface area contributed by atoms with E-state index in [9.17, 15) is 20.1 Å². The maximum Gasteiger partial charge on any atom is 0.488 e. The highest BCUT2D eigenvalue weighted by Crippen LogP contribution is 2.44. The number of halogens is 1. The van der Waals surface area contributed by atoms with Crippen LogP contribution in [-0.2, 0) is 0 Å². The Bertz CT molecular complexity index is 6130. The molecule has 2 aromatic heterocycles. The minimum atomic E-state index is -1.53. The molecule has 2 heterocycles. The molecule has 0 radical (unpaired) electrons. The van der Waals surface area contributed by atoms with Crippen LogP contribution in [0.4, 0.5) is 0 Å². The fraction of sp³-hybridized carbons (Fsp3) is 0. The van der Waals surface area contributed by atoms with Gasteiger partial charge in [-0.05, 0) is 160 Å². The van der Waals surface area contributed by atoms with Gasteiger partial charge in [0, 0.05) is 26.7 Å². The Balaban J connectivity index is 0.000000130. The van der Waals surface area contributed by atoms with E-state index in [-0.39, 0.29) is 0 Å². The predicted octanol–water partition coefficient (Wildman–Crippen LogP) is 19.8. The normalized spacial score (nSPS) is 11.7. The molecule has 0 atom stereocenters.